The maximum atomic E-state index is 12.5. The molecule has 180 valence electrons. The fraction of sp³-hybridized carbons (Fsp3) is 0.500. The number of hydrogen-bond acceptors (Lipinski definition) is 5. The van der Waals surface area contributed by atoms with E-state index < -0.39 is 0 Å². The van der Waals surface area contributed by atoms with Gasteiger partial charge in [0.15, 0.2) is 11.7 Å². The molecular formula is C24H35IN6O2. The summed E-state index contributed by atoms with van der Waals surface area (Å²) in [5, 5.41) is 3.55. The van der Waals surface area contributed by atoms with Gasteiger partial charge in [0.1, 0.15) is 0 Å². The molecule has 1 atom stereocenters. The predicted molar refractivity (Wildman–Crippen MR) is 143 cm³/mol. The molecule has 2 saturated heterocycles. The molecular weight excluding hydrogens is 531 g/mol. The number of guanidine groups is 1. The van der Waals surface area contributed by atoms with Gasteiger partial charge in [0, 0.05) is 77.7 Å². The standard InChI is InChI=1S/C24H34N6O2.HI/c1-20(27-10-12-28(13-11-27)21-7-4-3-5-8-21)19-26-24(25-2)30-16-14-29(15-17-30)23(31)22-9-6-18-32-22;/h3-9,18,20H,10-17,19H2,1-2H3,(H,25,26);1H. The molecule has 1 amide bonds. The lowest BCUT2D eigenvalue weighted by molar-refractivity contribution is 0.0657. The Bertz CT molecular complexity index is 876. The average Bonchev–Trinajstić information content (AvgIpc) is 3.40. The molecule has 2 aliphatic rings. The first-order valence-electron chi connectivity index (χ1n) is 11.5. The second kappa shape index (κ2) is 12.3. The van der Waals surface area contributed by atoms with E-state index in [-0.39, 0.29) is 29.9 Å². The Hall–Kier alpha value is -2.27. The fourth-order valence-corrected chi connectivity index (χ4v) is 4.44. The predicted octanol–water partition coefficient (Wildman–Crippen LogP) is 2.44. The van der Waals surface area contributed by atoms with Crippen LogP contribution in [0.5, 0.6) is 0 Å². The van der Waals surface area contributed by atoms with Crippen molar-refractivity contribution in [3.05, 3.63) is 54.5 Å². The SMILES string of the molecule is CN=C(NCC(C)N1CCN(c2ccccc2)CC1)N1CCN(C(=O)c2ccco2)CC1.I. The van der Waals surface area contributed by atoms with E-state index in [1.807, 2.05) is 11.9 Å². The van der Waals surface area contributed by atoms with Crippen molar-refractivity contribution in [1.82, 2.24) is 20.0 Å². The zero-order valence-corrected chi connectivity index (χ0v) is 21.9. The second-order valence-corrected chi connectivity index (χ2v) is 8.39. The van der Waals surface area contributed by atoms with Crippen LogP contribution in [0.15, 0.2) is 58.1 Å². The van der Waals surface area contributed by atoms with Crippen LogP contribution in [0.3, 0.4) is 0 Å². The molecule has 0 spiro atoms. The topological polar surface area (TPSA) is 67.6 Å². The molecule has 4 rings (SSSR count). The van der Waals surface area contributed by atoms with Gasteiger partial charge in [-0.25, -0.2) is 0 Å². The van der Waals surface area contributed by atoms with E-state index in [9.17, 15) is 4.79 Å². The molecule has 1 aromatic carbocycles. The summed E-state index contributed by atoms with van der Waals surface area (Å²) in [6, 6.07) is 14.5. The Morgan fingerprint density at radius 2 is 1.64 bits per heavy atom. The van der Waals surface area contributed by atoms with Gasteiger partial charge in [-0.2, -0.15) is 0 Å². The fourth-order valence-electron chi connectivity index (χ4n) is 4.44. The first-order chi connectivity index (χ1) is 15.7. The normalized spacial score (nSPS) is 18.6. The Morgan fingerprint density at radius 3 is 2.24 bits per heavy atom. The highest BCUT2D eigenvalue weighted by Gasteiger charge is 2.26. The average molecular weight is 566 g/mol. The van der Waals surface area contributed by atoms with E-state index in [0.29, 0.717) is 24.9 Å². The number of hydrogen-bond donors (Lipinski definition) is 1. The van der Waals surface area contributed by atoms with Gasteiger partial charge in [0.2, 0.25) is 0 Å². The number of nitrogens with zero attached hydrogens (tertiary/aromatic N) is 5. The van der Waals surface area contributed by atoms with Crippen LogP contribution in [0.4, 0.5) is 5.69 Å². The third-order valence-corrected chi connectivity index (χ3v) is 6.42. The molecule has 0 radical (unpaired) electrons. The van der Waals surface area contributed by atoms with Gasteiger partial charge in [0.25, 0.3) is 5.91 Å². The first kappa shape index (κ1) is 25.4. The van der Waals surface area contributed by atoms with E-state index in [0.717, 1.165) is 51.8 Å². The van der Waals surface area contributed by atoms with E-state index in [1.165, 1.54) is 12.0 Å². The lowest BCUT2D eigenvalue weighted by Crippen LogP contribution is -2.56. The van der Waals surface area contributed by atoms with Gasteiger partial charge in [-0.1, -0.05) is 18.2 Å². The molecule has 1 N–H and O–H groups in total. The molecule has 0 aliphatic carbocycles. The van der Waals surface area contributed by atoms with E-state index in [4.69, 9.17) is 4.42 Å². The zero-order valence-electron chi connectivity index (χ0n) is 19.5. The number of rotatable bonds is 5. The van der Waals surface area contributed by atoms with E-state index in [1.54, 1.807) is 12.1 Å². The number of furan rings is 1. The Kier molecular flexibility index (Phi) is 9.42. The summed E-state index contributed by atoms with van der Waals surface area (Å²) in [6.45, 7) is 10.2. The quantitative estimate of drug-likeness (QED) is 0.341. The number of piperazine rings is 2. The van der Waals surface area contributed by atoms with Crippen molar-refractivity contribution >= 4 is 41.5 Å². The number of halogens is 1. The van der Waals surface area contributed by atoms with Gasteiger partial charge < -0.3 is 24.4 Å². The number of carbonyl (C=O) groups is 1. The van der Waals surface area contributed by atoms with E-state index >= 15 is 0 Å². The minimum absolute atomic E-state index is 0. The number of anilines is 1. The Labute approximate surface area is 213 Å². The third-order valence-electron chi connectivity index (χ3n) is 6.42. The first-order valence-corrected chi connectivity index (χ1v) is 11.5. The van der Waals surface area contributed by atoms with Crippen LogP contribution >= 0.6 is 24.0 Å². The van der Waals surface area contributed by atoms with Crippen molar-refractivity contribution in [3.63, 3.8) is 0 Å². The van der Waals surface area contributed by atoms with E-state index in [2.05, 4.69) is 62.3 Å². The summed E-state index contributed by atoms with van der Waals surface area (Å²) < 4.78 is 5.25. The van der Waals surface area contributed by atoms with Crippen molar-refractivity contribution in [1.29, 1.82) is 0 Å². The number of aliphatic imine (C=N–C) groups is 1. The molecule has 9 heteroatoms. The van der Waals surface area contributed by atoms with Crippen molar-refractivity contribution in [2.45, 2.75) is 13.0 Å². The van der Waals surface area contributed by atoms with Crippen LogP contribution in [-0.4, -0.2) is 98.6 Å². The van der Waals surface area contributed by atoms with Gasteiger partial charge in [-0.3, -0.25) is 14.7 Å². The molecule has 1 unspecified atom stereocenters. The van der Waals surface area contributed by atoms with Crippen molar-refractivity contribution in [3.8, 4) is 0 Å². The molecule has 2 fully saturated rings. The molecule has 8 nitrogen and oxygen atoms in total. The second-order valence-electron chi connectivity index (χ2n) is 8.39. The highest BCUT2D eigenvalue weighted by atomic mass is 127. The van der Waals surface area contributed by atoms with Crippen molar-refractivity contribution in [2.24, 2.45) is 4.99 Å². The summed E-state index contributed by atoms with van der Waals surface area (Å²) in [5.41, 5.74) is 1.31. The summed E-state index contributed by atoms with van der Waals surface area (Å²) in [4.78, 5) is 26.0. The summed E-state index contributed by atoms with van der Waals surface area (Å²) in [5.74, 6) is 1.27. The number of benzene rings is 1. The molecule has 2 aromatic rings. The maximum absolute atomic E-state index is 12.5. The lowest BCUT2D eigenvalue weighted by atomic mass is 10.2. The smallest absolute Gasteiger partial charge is 0.289 e. The molecule has 1 aromatic heterocycles. The number of carbonyl (C=O) groups excluding carboxylic acids is 1. The third kappa shape index (κ3) is 6.41. The molecule has 0 saturated carbocycles. The highest BCUT2D eigenvalue weighted by Crippen LogP contribution is 2.16. The number of nitrogens with one attached hydrogen (secondary N) is 1. The minimum Gasteiger partial charge on any atom is -0.459 e. The van der Waals surface area contributed by atoms with Crippen LogP contribution < -0.4 is 10.2 Å². The van der Waals surface area contributed by atoms with Gasteiger partial charge in [-0.05, 0) is 31.2 Å². The Morgan fingerprint density at radius 1 is 0.970 bits per heavy atom. The summed E-state index contributed by atoms with van der Waals surface area (Å²) in [6.07, 6.45) is 1.54. The van der Waals surface area contributed by atoms with Crippen LogP contribution in [0.25, 0.3) is 0 Å². The van der Waals surface area contributed by atoms with Gasteiger partial charge >= 0.3 is 0 Å². The number of amides is 1. The monoisotopic (exact) mass is 566 g/mol. The molecule has 3 heterocycles. The molecule has 2 aliphatic heterocycles. The summed E-state index contributed by atoms with van der Waals surface area (Å²) >= 11 is 0. The Balaban J connectivity index is 0.00000306. The number of para-hydroxylation sites is 1. The van der Waals surface area contributed by atoms with Gasteiger partial charge in [0.05, 0.1) is 6.26 Å². The van der Waals surface area contributed by atoms with Crippen molar-refractivity contribution in [2.75, 3.05) is 70.9 Å². The maximum Gasteiger partial charge on any atom is 0.289 e. The lowest BCUT2D eigenvalue weighted by Gasteiger charge is -2.40. The van der Waals surface area contributed by atoms with Gasteiger partial charge in [-0.15, -0.1) is 24.0 Å². The highest BCUT2D eigenvalue weighted by molar-refractivity contribution is 14.0. The minimum atomic E-state index is -0.0409. The van der Waals surface area contributed by atoms with Crippen LogP contribution in [0, 0.1) is 0 Å². The van der Waals surface area contributed by atoms with Crippen LogP contribution in [0.2, 0.25) is 0 Å². The largest absolute Gasteiger partial charge is 0.459 e. The van der Waals surface area contributed by atoms with Crippen LogP contribution in [0.1, 0.15) is 17.5 Å². The van der Waals surface area contributed by atoms with Crippen LogP contribution in [-0.2, 0) is 0 Å². The molecule has 0 bridgehead atoms. The zero-order chi connectivity index (χ0) is 22.3. The van der Waals surface area contributed by atoms with Crippen molar-refractivity contribution < 1.29 is 9.21 Å². The molecule has 33 heavy (non-hydrogen) atoms. The summed E-state index contributed by atoms with van der Waals surface area (Å²) in [7, 11) is 1.83.